The summed E-state index contributed by atoms with van der Waals surface area (Å²) in [4.78, 5) is 0. The van der Waals surface area contributed by atoms with Gasteiger partial charge in [0.05, 0.1) is 0 Å². The highest BCUT2D eigenvalue weighted by molar-refractivity contribution is 4.54. The lowest BCUT2D eigenvalue weighted by atomic mass is 10.2. The molecule has 0 aliphatic carbocycles. The van der Waals surface area contributed by atoms with E-state index in [0.717, 1.165) is 32.3 Å². The second-order valence-corrected chi connectivity index (χ2v) is 3.18. The van der Waals surface area contributed by atoms with Crippen molar-refractivity contribution < 1.29 is 14.6 Å². The van der Waals surface area contributed by atoms with E-state index in [1.807, 2.05) is 6.92 Å². The second kappa shape index (κ2) is 5.51. The normalized spacial score (nSPS) is 27.0. The van der Waals surface area contributed by atoms with Gasteiger partial charge >= 0.3 is 0 Å². The molecule has 0 aromatic rings. The first kappa shape index (κ1) is 9.96. The SMILES string of the molecule is CCC[C@H](O)O[C@@H]1CCCCO1. The molecule has 12 heavy (non-hydrogen) atoms. The van der Waals surface area contributed by atoms with Crippen LogP contribution in [0.2, 0.25) is 0 Å². The van der Waals surface area contributed by atoms with Gasteiger partial charge in [-0.1, -0.05) is 13.3 Å². The van der Waals surface area contributed by atoms with Crippen LogP contribution >= 0.6 is 0 Å². The minimum Gasteiger partial charge on any atom is -0.368 e. The molecule has 3 heteroatoms. The fourth-order valence-corrected chi connectivity index (χ4v) is 1.31. The second-order valence-electron chi connectivity index (χ2n) is 3.18. The van der Waals surface area contributed by atoms with Crippen molar-refractivity contribution in [2.24, 2.45) is 0 Å². The van der Waals surface area contributed by atoms with Crippen molar-refractivity contribution in [3.8, 4) is 0 Å². The van der Waals surface area contributed by atoms with Gasteiger partial charge in [0.25, 0.3) is 0 Å². The summed E-state index contributed by atoms with van der Waals surface area (Å²) in [5.74, 6) is 0. The van der Waals surface area contributed by atoms with Gasteiger partial charge in [0.15, 0.2) is 12.6 Å². The highest BCUT2D eigenvalue weighted by Crippen LogP contribution is 2.15. The maximum Gasteiger partial charge on any atom is 0.160 e. The summed E-state index contributed by atoms with van der Waals surface area (Å²) in [6.45, 7) is 2.79. The van der Waals surface area contributed by atoms with E-state index in [1.165, 1.54) is 0 Å². The molecule has 1 rings (SSSR count). The van der Waals surface area contributed by atoms with Crippen LogP contribution in [0.15, 0.2) is 0 Å². The average molecular weight is 174 g/mol. The highest BCUT2D eigenvalue weighted by Gasteiger charge is 2.17. The van der Waals surface area contributed by atoms with Gasteiger partial charge in [0.2, 0.25) is 0 Å². The maximum atomic E-state index is 9.30. The summed E-state index contributed by atoms with van der Waals surface area (Å²) in [5.41, 5.74) is 0. The van der Waals surface area contributed by atoms with Gasteiger partial charge in [-0.05, 0) is 25.7 Å². The third-order valence-corrected chi connectivity index (χ3v) is 1.98. The van der Waals surface area contributed by atoms with Crippen molar-refractivity contribution in [1.82, 2.24) is 0 Å². The molecule has 0 amide bonds. The zero-order chi connectivity index (χ0) is 8.81. The topological polar surface area (TPSA) is 38.7 Å². The summed E-state index contributed by atoms with van der Waals surface area (Å²) in [7, 11) is 0. The molecule has 1 saturated heterocycles. The number of hydrogen-bond donors (Lipinski definition) is 1. The molecule has 0 bridgehead atoms. The lowest BCUT2D eigenvalue weighted by molar-refractivity contribution is -0.241. The van der Waals surface area contributed by atoms with Crippen LogP contribution in [0.3, 0.4) is 0 Å². The van der Waals surface area contributed by atoms with Crippen molar-refractivity contribution in [3.63, 3.8) is 0 Å². The van der Waals surface area contributed by atoms with Crippen LogP contribution in [0.1, 0.15) is 39.0 Å². The Morgan fingerprint density at radius 3 is 3.00 bits per heavy atom. The van der Waals surface area contributed by atoms with Gasteiger partial charge in [-0.2, -0.15) is 0 Å². The first-order chi connectivity index (χ1) is 5.83. The maximum absolute atomic E-state index is 9.30. The molecule has 1 aliphatic rings. The average Bonchev–Trinajstić information content (AvgIpc) is 2.06. The number of ether oxygens (including phenoxy) is 2. The summed E-state index contributed by atoms with van der Waals surface area (Å²) < 4.78 is 10.6. The van der Waals surface area contributed by atoms with E-state index in [1.54, 1.807) is 0 Å². The first-order valence-electron chi connectivity index (χ1n) is 4.78. The molecule has 0 radical (unpaired) electrons. The molecule has 0 spiro atoms. The van der Waals surface area contributed by atoms with Gasteiger partial charge in [0.1, 0.15) is 0 Å². The van der Waals surface area contributed by atoms with E-state index in [2.05, 4.69) is 0 Å². The van der Waals surface area contributed by atoms with Crippen LogP contribution in [0, 0.1) is 0 Å². The van der Waals surface area contributed by atoms with Crippen LogP contribution < -0.4 is 0 Å². The Morgan fingerprint density at radius 2 is 2.42 bits per heavy atom. The van der Waals surface area contributed by atoms with Gasteiger partial charge in [-0.25, -0.2) is 0 Å². The third kappa shape index (κ3) is 3.52. The molecule has 1 fully saturated rings. The minimum absolute atomic E-state index is 0.166. The van der Waals surface area contributed by atoms with Crippen molar-refractivity contribution in [1.29, 1.82) is 0 Å². The molecule has 0 aromatic heterocycles. The van der Waals surface area contributed by atoms with Gasteiger partial charge in [-0.15, -0.1) is 0 Å². The molecule has 1 N–H and O–H groups in total. The molecule has 2 atom stereocenters. The smallest absolute Gasteiger partial charge is 0.160 e. The van der Waals surface area contributed by atoms with Gasteiger partial charge in [-0.3, -0.25) is 0 Å². The van der Waals surface area contributed by atoms with Gasteiger partial charge < -0.3 is 14.6 Å². The zero-order valence-corrected chi connectivity index (χ0v) is 7.66. The molecule has 1 heterocycles. The minimum atomic E-state index is -0.641. The predicted molar refractivity (Wildman–Crippen MR) is 45.6 cm³/mol. The lowest BCUT2D eigenvalue weighted by Crippen LogP contribution is -2.27. The molecular weight excluding hydrogens is 156 g/mol. The molecule has 1 aliphatic heterocycles. The predicted octanol–water partition coefficient (Wildman–Crippen LogP) is 1.65. The van der Waals surface area contributed by atoms with Crippen LogP contribution in [-0.4, -0.2) is 24.3 Å². The Bertz CT molecular complexity index is 110. The molecule has 0 saturated carbocycles. The standard InChI is InChI=1S/C9H18O3/c1-2-5-8(10)12-9-6-3-4-7-11-9/h8-10H,2-7H2,1H3/t8-,9-/m1/s1. The van der Waals surface area contributed by atoms with E-state index in [4.69, 9.17) is 9.47 Å². The fraction of sp³-hybridized carbons (Fsp3) is 1.00. The van der Waals surface area contributed by atoms with Crippen molar-refractivity contribution in [2.75, 3.05) is 6.61 Å². The quantitative estimate of drug-likeness (QED) is 0.658. The number of aliphatic hydroxyl groups excluding tert-OH is 1. The van der Waals surface area contributed by atoms with Crippen LogP contribution in [0.4, 0.5) is 0 Å². The molecule has 0 unspecified atom stereocenters. The van der Waals surface area contributed by atoms with E-state index in [-0.39, 0.29) is 6.29 Å². The number of hydrogen-bond acceptors (Lipinski definition) is 3. The summed E-state index contributed by atoms with van der Waals surface area (Å²) in [6, 6.07) is 0. The Labute approximate surface area is 73.7 Å². The molecule has 3 nitrogen and oxygen atoms in total. The Balaban J connectivity index is 2.11. The van der Waals surface area contributed by atoms with Crippen molar-refractivity contribution >= 4 is 0 Å². The highest BCUT2D eigenvalue weighted by atomic mass is 16.7. The van der Waals surface area contributed by atoms with Crippen LogP contribution in [0.5, 0.6) is 0 Å². The molecule has 72 valence electrons. The van der Waals surface area contributed by atoms with Crippen molar-refractivity contribution in [2.45, 2.75) is 51.6 Å². The van der Waals surface area contributed by atoms with Gasteiger partial charge in [0, 0.05) is 6.61 Å². The van der Waals surface area contributed by atoms with Crippen molar-refractivity contribution in [3.05, 3.63) is 0 Å². The summed E-state index contributed by atoms with van der Waals surface area (Å²) in [6.07, 6.45) is 4.00. The van der Waals surface area contributed by atoms with Crippen LogP contribution in [-0.2, 0) is 9.47 Å². The monoisotopic (exact) mass is 174 g/mol. The van der Waals surface area contributed by atoms with Crippen LogP contribution in [0.25, 0.3) is 0 Å². The van der Waals surface area contributed by atoms with E-state index >= 15 is 0 Å². The number of aliphatic hydroxyl groups is 1. The summed E-state index contributed by atoms with van der Waals surface area (Å²) >= 11 is 0. The van der Waals surface area contributed by atoms with E-state index in [0.29, 0.717) is 6.42 Å². The lowest BCUT2D eigenvalue weighted by Gasteiger charge is -2.25. The molecule has 0 aromatic carbocycles. The first-order valence-corrected chi connectivity index (χ1v) is 4.78. The van der Waals surface area contributed by atoms with E-state index < -0.39 is 6.29 Å². The van der Waals surface area contributed by atoms with E-state index in [9.17, 15) is 5.11 Å². The molecular formula is C9H18O3. The summed E-state index contributed by atoms with van der Waals surface area (Å²) in [5, 5.41) is 9.30. The Morgan fingerprint density at radius 1 is 1.58 bits per heavy atom. The third-order valence-electron chi connectivity index (χ3n) is 1.98. The zero-order valence-electron chi connectivity index (χ0n) is 7.66. The largest absolute Gasteiger partial charge is 0.368 e. The Kier molecular flexibility index (Phi) is 4.58. The Hall–Kier alpha value is -0.120. The number of rotatable bonds is 4. The fourth-order valence-electron chi connectivity index (χ4n) is 1.31.